The second-order valence-electron chi connectivity index (χ2n) is 9.31. The molecule has 2 aliphatic rings. The molecule has 0 radical (unpaired) electrons. The maximum absolute atomic E-state index is 12.1. The number of aromatic nitrogens is 1. The van der Waals surface area contributed by atoms with Gasteiger partial charge in [-0.25, -0.2) is 0 Å². The van der Waals surface area contributed by atoms with E-state index in [-0.39, 0.29) is 24.0 Å². The highest BCUT2D eigenvalue weighted by atomic mass is 16.5. The van der Waals surface area contributed by atoms with E-state index in [0.717, 1.165) is 34.8 Å². The second-order valence-corrected chi connectivity index (χ2v) is 9.31. The van der Waals surface area contributed by atoms with E-state index >= 15 is 0 Å². The number of carbonyl (C=O) groups is 1. The van der Waals surface area contributed by atoms with Gasteiger partial charge in [-0.15, -0.1) is 0 Å². The monoisotopic (exact) mass is 449 g/mol. The van der Waals surface area contributed by atoms with Gasteiger partial charge in [-0.3, -0.25) is 9.69 Å². The minimum absolute atomic E-state index is 0.0248. The fourth-order valence-corrected chi connectivity index (χ4v) is 5.76. The van der Waals surface area contributed by atoms with E-state index in [9.17, 15) is 9.90 Å². The van der Waals surface area contributed by atoms with Gasteiger partial charge in [0.2, 0.25) is 5.91 Å². The van der Waals surface area contributed by atoms with Gasteiger partial charge in [-0.05, 0) is 35.4 Å². The van der Waals surface area contributed by atoms with E-state index < -0.39 is 0 Å². The third kappa shape index (κ3) is 3.38. The number of methoxy groups -OCH3 is 2. The Morgan fingerprint density at radius 2 is 1.73 bits per heavy atom. The molecule has 0 bridgehead atoms. The molecule has 1 saturated heterocycles. The second kappa shape index (κ2) is 8.08. The predicted octanol–water partition coefficient (Wildman–Crippen LogP) is 2.84. The van der Waals surface area contributed by atoms with Gasteiger partial charge in [0, 0.05) is 62.7 Å². The highest BCUT2D eigenvalue weighted by Gasteiger charge is 2.53. The Labute approximate surface area is 194 Å². The number of fused-ring (bicyclic) bond motifs is 4. The summed E-state index contributed by atoms with van der Waals surface area (Å²) >= 11 is 0. The van der Waals surface area contributed by atoms with Crippen LogP contribution in [0.3, 0.4) is 0 Å². The van der Waals surface area contributed by atoms with Crippen LogP contribution in [-0.4, -0.2) is 65.8 Å². The first-order valence-corrected chi connectivity index (χ1v) is 11.3. The van der Waals surface area contributed by atoms with Crippen LogP contribution in [-0.2, 0) is 23.8 Å². The molecule has 5 rings (SSSR count). The number of likely N-dealkylation sites (tertiary alicyclic amines) is 1. The first-order valence-electron chi connectivity index (χ1n) is 11.3. The van der Waals surface area contributed by atoms with Crippen LogP contribution in [0.2, 0.25) is 0 Å². The first kappa shape index (κ1) is 21.8. The maximum Gasteiger partial charge on any atom is 0.219 e. The van der Waals surface area contributed by atoms with Crippen LogP contribution >= 0.6 is 0 Å². The number of benzene rings is 2. The molecule has 1 atom stereocenters. The summed E-state index contributed by atoms with van der Waals surface area (Å²) in [5.41, 5.74) is 4.49. The van der Waals surface area contributed by atoms with Crippen molar-refractivity contribution in [1.82, 2.24) is 14.4 Å². The van der Waals surface area contributed by atoms with Gasteiger partial charge in [0.1, 0.15) is 11.5 Å². The SMILES string of the molecule is COc1ccc(CN2CC3(CN(C(C)=O)C3)c3c(n(C)c4cc(OC)ccc34)C2CO)cc1. The van der Waals surface area contributed by atoms with E-state index in [2.05, 4.69) is 40.8 Å². The average molecular weight is 450 g/mol. The first-order chi connectivity index (χ1) is 15.9. The molecular formula is C26H31N3O4. The molecule has 2 aliphatic heterocycles. The molecule has 2 aromatic carbocycles. The van der Waals surface area contributed by atoms with Crippen molar-refractivity contribution in [2.75, 3.05) is 40.5 Å². The molecule has 1 unspecified atom stereocenters. The van der Waals surface area contributed by atoms with E-state index in [1.807, 2.05) is 23.1 Å². The number of aliphatic hydroxyl groups excluding tert-OH is 1. The number of amides is 1. The topological polar surface area (TPSA) is 67.2 Å². The van der Waals surface area contributed by atoms with Gasteiger partial charge >= 0.3 is 0 Å². The standard InChI is InChI=1S/C26H31N3O4/c1-17(31)29-15-26(16-29)14-28(12-18-5-7-19(32-3)8-6-18)23(13-30)25-24(26)21-10-9-20(33-4)11-22(21)27(25)2/h5-11,23,30H,12-16H2,1-4H3. The number of hydrogen-bond donors (Lipinski definition) is 1. The molecule has 3 aromatic rings. The number of carbonyl (C=O) groups excluding carboxylic acids is 1. The molecule has 1 aromatic heterocycles. The Balaban J connectivity index is 1.62. The summed E-state index contributed by atoms with van der Waals surface area (Å²) < 4.78 is 13.0. The van der Waals surface area contributed by atoms with Crippen LogP contribution < -0.4 is 9.47 Å². The molecule has 0 saturated carbocycles. The molecule has 0 aliphatic carbocycles. The predicted molar refractivity (Wildman–Crippen MR) is 127 cm³/mol. The zero-order chi connectivity index (χ0) is 23.3. The summed E-state index contributed by atoms with van der Waals surface area (Å²) in [6.07, 6.45) is 0. The van der Waals surface area contributed by atoms with Gasteiger partial charge in [-0.1, -0.05) is 12.1 Å². The maximum atomic E-state index is 12.1. The lowest BCUT2D eigenvalue weighted by Crippen LogP contribution is -2.67. The van der Waals surface area contributed by atoms with Crippen molar-refractivity contribution in [1.29, 1.82) is 0 Å². The summed E-state index contributed by atoms with van der Waals surface area (Å²) in [6.45, 7) is 4.54. The third-order valence-corrected chi connectivity index (χ3v) is 7.40. The van der Waals surface area contributed by atoms with Crippen molar-refractivity contribution in [3.63, 3.8) is 0 Å². The Morgan fingerprint density at radius 3 is 2.33 bits per heavy atom. The van der Waals surface area contributed by atoms with Gasteiger partial charge < -0.3 is 24.0 Å². The van der Waals surface area contributed by atoms with Crippen LogP contribution in [0.15, 0.2) is 42.5 Å². The normalized spacial score (nSPS) is 19.4. The quantitative estimate of drug-likeness (QED) is 0.649. The van der Waals surface area contributed by atoms with Crippen molar-refractivity contribution in [2.24, 2.45) is 7.05 Å². The molecular weight excluding hydrogens is 418 g/mol. The largest absolute Gasteiger partial charge is 0.497 e. The van der Waals surface area contributed by atoms with Crippen molar-refractivity contribution in [3.05, 3.63) is 59.3 Å². The fraction of sp³-hybridized carbons (Fsp3) is 0.423. The van der Waals surface area contributed by atoms with E-state index in [0.29, 0.717) is 19.6 Å². The zero-order valence-corrected chi connectivity index (χ0v) is 19.7. The molecule has 33 heavy (non-hydrogen) atoms. The van der Waals surface area contributed by atoms with Crippen molar-refractivity contribution < 1.29 is 19.4 Å². The van der Waals surface area contributed by atoms with Gasteiger partial charge in [0.25, 0.3) is 0 Å². The Kier molecular flexibility index (Phi) is 5.34. The summed E-state index contributed by atoms with van der Waals surface area (Å²) in [6, 6.07) is 14.1. The number of nitrogens with zero attached hydrogens (tertiary/aromatic N) is 3. The molecule has 7 nitrogen and oxygen atoms in total. The summed E-state index contributed by atoms with van der Waals surface area (Å²) in [7, 11) is 5.41. The molecule has 1 spiro atoms. The Morgan fingerprint density at radius 1 is 1.06 bits per heavy atom. The molecule has 7 heteroatoms. The highest BCUT2D eigenvalue weighted by Crippen LogP contribution is 2.49. The summed E-state index contributed by atoms with van der Waals surface area (Å²) in [4.78, 5) is 16.4. The zero-order valence-electron chi connectivity index (χ0n) is 19.7. The van der Waals surface area contributed by atoms with Crippen molar-refractivity contribution in [3.8, 4) is 11.5 Å². The Hall–Kier alpha value is -3.03. The van der Waals surface area contributed by atoms with Crippen LogP contribution in [0.1, 0.15) is 29.8 Å². The lowest BCUT2D eigenvalue weighted by molar-refractivity contribution is -0.138. The van der Waals surface area contributed by atoms with E-state index in [1.165, 1.54) is 10.9 Å². The number of aryl methyl sites for hydroxylation is 1. The molecule has 1 fully saturated rings. The van der Waals surface area contributed by atoms with E-state index in [1.54, 1.807) is 21.1 Å². The summed E-state index contributed by atoms with van der Waals surface area (Å²) in [5, 5.41) is 11.7. The molecule has 174 valence electrons. The van der Waals surface area contributed by atoms with Crippen molar-refractivity contribution in [2.45, 2.75) is 24.9 Å². The highest BCUT2D eigenvalue weighted by molar-refractivity contribution is 5.89. The third-order valence-electron chi connectivity index (χ3n) is 7.40. The van der Waals surface area contributed by atoms with Crippen molar-refractivity contribution >= 4 is 16.8 Å². The summed E-state index contributed by atoms with van der Waals surface area (Å²) in [5.74, 6) is 1.74. The lowest BCUT2D eigenvalue weighted by Gasteiger charge is -2.56. The minimum atomic E-state index is -0.159. The number of hydrogen-bond acceptors (Lipinski definition) is 5. The lowest BCUT2D eigenvalue weighted by atomic mass is 9.68. The van der Waals surface area contributed by atoms with Crippen LogP contribution in [0.25, 0.3) is 10.9 Å². The Bertz CT molecular complexity index is 1190. The minimum Gasteiger partial charge on any atom is -0.497 e. The smallest absolute Gasteiger partial charge is 0.219 e. The van der Waals surface area contributed by atoms with Crippen LogP contribution in [0.5, 0.6) is 11.5 Å². The van der Waals surface area contributed by atoms with Crippen LogP contribution in [0.4, 0.5) is 0 Å². The van der Waals surface area contributed by atoms with Gasteiger partial charge in [-0.2, -0.15) is 0 Å². The molecule has 1 amide bonds. The molecule has 3 heterocycles. The van der Waals surface area contributed by atoms with Gasteiger partial charge in [0.15, 0.2) is 0 Å². The molecule has 1 N–H and O–H groups in total. The number of ether oxygens (including phenoxy) is 2. The van der Waals surface area contributed by atoms with Crippen LogP contribution in [0, 0.1) is 0 Å². The average Bonchev–Trinajstić information content (AvgIpc) is 3.09. The number of rotatable bonds is 5. The van der Waals surface area contributed by atoms with E-state index in [4.69, 9.17) is 9.47 Å². The fourth-order valence-electron chi connectivity index (χ4n) is 5.76. The number of aliphatic hydroxyl groups is 1. The van der Waals surface area contributed by atoms with Gasteiger partial charge in [0.05, 0.1) is 32.4 Å².